The van der Waals surface area contributed by atoms with E-state index >= 15 is 0 Å². The Morgan fingerprint density at radius 1 is 1.09 bits per heavy atom. The number of rotatable bonds is 5. The molecule has 166 valence electrons. The summed E-state index contributed by atoms with van der Waals surface area (Å²) in [5.74, 6) is 1.07. The van der Waals surface area contributed by atoms with E-state index in [0.717, 1.165) is 33.5 Å². The van der Waals surface area contributed by atoms with E-state index in [2.05, 4.69) is 24.9 Å². The number of amides is 2. The fourth-order valence-electron chi connectivity index (χ4n) is 5.24. The molecule has 2 amide bonds. The van der Waals surface area contributed by atoms with Crippen molar-refractivity contribution < 1.29 is 14.3 Å². The van der Waals surface area contributed by atoms with Gasteiger partial charge in [-0.2, -0.15) is 0 Å². The highest BCUT2D eigenvalue weighted by atomic mass is 16.5. The van der Waals surface area contributed by atoms with E-state index in [9.17, 15) is 9.59 Å². The zero-order chi connectivity index (χ0) is 22.4. The Morgan fingerprint density at radius 2 is 1.84 bits per heavy atom. The van der Waals surface area contributed by atoms with Crippen LogP contribution < -0.4 is 4.74 Å². The Kier molecular flexibility index (Phi) is 5.16. The number of aromatic amines is 1. The van der Waals surface area contributed by atoms with Crippen LogP contribution in [0.1, 0.15) is 43.6 Å². The second kappa shape index (κ2) is 8.01. The first kappa shape index (κ1) is 20.6. The molecule has 2 aliphatic heterocycles. The molecule has 3 heterocycles. The number of hydrogen-bond donors (Lipinski definition) is 1. The van der Waals surface area contributed by atoms with Crippen LogP contribution in [0.5, 0.6) is 5.75 Å². The lowest BCUT2D eigenvalue weighted by Crippen LogP contribution is -2.63. The van der Waals surface area contributed by atoms with Crippen LogP contribution in [0.3, 0.4) is 0 Å². The summed E-state index contributed by atoms with van der Waals surface area (Å²) >= 11 is 0. The summed E-state index contributed by atoms with van der Waals surface area (Å²) in [5, 5.41) is 1.11. The average molecular weight is 432 g/mol. The number of carbonyl (C=O) groups excluding carboxylic acids is 2. The summed E-state index contributed by atoms with van der Waals surface area (Å²) in [4.78, 5) is 34.2. The molecule has 5 rings (SSSR count). The molecule has 1 aromatic heterocycles. The lowest BCUT2D eigenvalue weighted by molar-refractivity contribution is -0.159. The Labute approximate surface area is 188 Å². The van der Waals surface area contributed by atoms with Gasteiger partial charge in [-0.15, -0.1) is 0 Å². The second-order valence-corrected chi connectivity index (χ2v) is 9.07. The highest BCUT2D eigenvalue weighted by molar-refractivity contribution is 5.97. The molecular formula is C26H29N3O3. The minimum Gasteiger partial charge on any atom is -0.494 e. The molecule has 0 radical (unpaired) electrons. The number of benzene rings is 2. The molecular weight excluding hydrogens is 402 g/mol. The topological polar surface area (TPSA) is 65.6 Å². The molecule has 2 aromatic carbocycles. The first-order chi connectivity index (χ1) is 15.5. The van der Waals surface area contributed by atoms with Crippen LogP contribution >= 0.6 is 0 Å². The van der Waals surface area contributed by atoms with E-state index in [-0.39, 0.29) is 18.4 Å². The van der Waals surface area contributed by atoms with Crippen LogP contribution in [0.4, 0.5) is 0 Å². The molecule has 2 aliphatic rings. The SMILES string of the molecule is CCOc1ccccc1[C@@H]1c2[nH]c3ccccc3c2C[C@H]2C(=O)N(CC(C)C)CC(=O)N12. The minimum absolute atomic E-state index is 0.0177. The maximum Gasteiger partial charge on any atom is 0.246 e. The van der Waals surface area contributed by atoms with E-state index in [1.807, 2.05) is 49.4 Å². The summed E-state index contributed by atoms with van der Waals surface area (Å²) in [6.45, 7) is 7.34. The van der Waals surface area contributed by atoms with Crippen molar-refractivity contribution >= 4 is 22.7 Å². The normalized spacial score (nSPS) is 20.6. The maximum absolute atomic E-state index is 13.6. The van der Waals surface area contributed by atoms with Crippen molar-refractivity contribution in [2.24, 2.45) is 5.92 Å². The Balaban J connectivity index is 1.70. The number of ether oxygens (including phenoxy) is 1. The van der Waals surface area contributed by atoms with Gasteiger partial charge in [-0.25, -0.2) is 0 Å². The lowest BCUT2D eigenvalue weighted by Gasteiger charge is -2.47. The predicted molar refractivity (Wildman–Crippen MR) is 124 cm³/mol. The summed E-state index contributed by atoms with van der Waals surface area (Å²) in [7, 11) is 0. The van der Waals surface area contributed by atoms with E-state index in [1.165, 1.54) is 0 Å². The van der Waals surface area contributed by atoms with Crippen LogP contribution in [0.2, 0.25) is 0 Å². The van der Waals surface area contributed by atoms with E-state index in [1.54, 1.807) is 9.80 Å². The van der Waals surface area contributed by atoms with E-state index < -0.39 is 12.1 Å². The molecule has 0 saturated carbocycles. The molecule has 1 N–H and O–H groups in total. The number of hydrogen-bond acceptors (Lipinski definition) is 3. The fraction of sp³-hybridized carbons (Fsp3) is 0.385. The van der Waals surface area contributed by atoms with Crippen LogP contribution in [0, 0.1) is 5.92 Å². The smallest absolute Gasteiger partial charge is 0.246 e. The van der Waals surface area contributed by atoms with Gasteiger partial charge in [0.1, 0.15) is 17.8 Å². The second-order valence-electron chi connectivity index (χ2n) is 9.07. The zero-order valence-electron chi connectivity index (χ0n) is 18.8. The molecule has 0 aliphatic carbocycles. The van der Waals surface area contributed by atoms with Gasteiger partial charge in [0.2, 0.25) is 11.8 Å². The Hall–Kier alpha value is -3.28. The third kappa shape index (κ3) is 3.25. The molecule has 0 unspecified atom stereocenters. The van der Waals surface area contributed by atoms with E-state index in [4.69, 9.17) is 4.74 Å². The van der Waals surface area contributed by atoms with Gasteiger partial charge < -0.3 is 19.5 Å². The first-order valence-corrected chi connectivity index (χ1v) is 11.4. The number of para-hydroxylation sites is 2. The van der Waals surface area contributed by atoms with Crippen LogP contribution in [-0.4, -0.2) is 52.3 Å². The van der Waals surface area contributed by atoms with Gasteiger partial charge in [0.15, 0.2) is 0 Å². The van der Waals surface area contributed by atoms with Gasteiger partial charge in [0, 0.05) is 35.1 Å². The van der Waals surface area contributed by atoms with Crippen LogP contribution in [-0.2, 0) is 16.0 Å². The molecule has 1 fully saturated rings. The third-order valence-corrected chi connectivity index (χ3v) is 6.44. The summed E-state index contributed by atoms with van der Waals surface area (Å²) in [6, 6.07) is 15.1. The van der Waals surface area contributed by atoms with Crippen molar-refractivity contribution in [3.63, 3.8) is 0 Å². The molecule has 2 atom stereocenters. The standard InChI is InChI=1S/C26H29N3O3/c1-4-32-22-12-8-6-10-18(22)25-24-19(17-9-5-7-11-20(17)27-24)13-21-26(31)28(14-16(2)3)15-23(30)29(21)25/h5-12,16,21,25,27H,4,13-15H2,1-3H3/t21-,25+/m0/s1. The quantitative estimate of drug-likeness (QED) is 0.666. The number of carbonyl (C=O) groups is 2. The van der Waals surface area contributed by atoms with E-state index in [0.29, 0.717) is 25.5 Å². The van der Waals surface area contributed by atoms with Gasteiger partial charge in [0.25, 0.3) is 0 Å². The predicted octanol–water partition coefficient (Wildman–Crippen LogP) is 3.91. The van der Waals surface area contributed by atoms with Gasteiger partial charge in [-0.1, -0.05) is 50.2 Å². The van der Waals surface area contributed by atoms with Crippen molar-refractivity contribution in [2.45, 2.75) is 39.3 Å². The molecule has 32 heavy (non-hydrogen) atoms. The van der Waals surface area contributed by atoms with Crippen molar-refractivity contribution in [2.75, 3.05) is 19.7 Å². The maximum atomic E-state index is 13.6. The highest BCUT2D eigenvalue weighted by Gasteiger charge is 2.48. The fourth-order valence-corrected chi connectivity index (χ4v) is 5.24. The largest absolute Gasteiger partial charge is 0.494 e. The summed E-state index contributed by atoms with van der Waals surface area (Å²) in [5.41, 5.74) is 4.03. The number of piperazine rings is 1. The Morgan fingerprint density at radius 3 is 2.62 bits per heavy atom. The highest BCUT2D eigenvalue weighted by Crippen LogP contribution is 2.44. The van der Waals surface area contributed by atoms with Crippen molar-refractivity contribution in [1.29, 1.82) is 0 Å². The van der Waals surface area contributed by atoms with Crippen molar-refractivity contribution in [3.05, 3.63) is 65.4 Å². The zero-order valence-corrected chi connectivity index (χ0v) is 18.8. The van der Waals surface area contributed by atoms with Gasteiger partial charge in [-0.05, 0) is 30.5 Å². The monoisotopic (exact) mass is 431 g/mol. The van der Waals surface area contributed by atoms with Crippen molar-refractivity contribution in [1.82, 2.24) is 14.8 Å². The third-order valence-electron chi connectivity index (χ3n) is 6.44. The van der Waals surface area contributed by atoms with Crippen molar-refractivity contribution in [3.8, 4) is 5.75 Å². The van der Waals surface area contributed by atoms with Gasteiger partial charge in [0.05, 0.1) is 13.2 Å². The number of fused-ring (bicyclic) bond motifs is 4. The molecule has 0 spiro atoms. The number of nitrogens with one attached hydrogen (secondary N) is 1. The number of aromatic nitrogens is 1. The lowest BCUT2D eigenvalue weighted by atomic mass is 9.85. The average Bonchev–Trinajstić information content (AvgIpc) is 3.15. The molecule has 6 heteroatoms. The summed E-state index contributed by atoms with van der Waals surface area (Å²) < 4.78 is 5.95. The number of nitrogens with zero attached hydrogens (tertiary/aromatic N) is 2. The molecule has 3 aromatic rings. The molecule has 0 bridgehead atoms. The first-order valence-electron chi connectivity index (χ1n) is 11.4. The van der Waals surface area contributed by atoms with Gasteiger partial charge in [-0.3, -0.25) is 9.59 Å². The molecule has 1 saturated heterocycles. The molecule has 6 nitrogen and oxygen atoms in total. The van der Waals surface area contributed by atoms with Crippen LogP contribution in [0.25, 0.3) is 10.9 Å². The Bertz CT molecular complexity index is 1180. The minimum atomic E-state index is -0.513. The number of H-pyrrole nitrogens is 1. The van der Waals surface area contributed by atoms with Crippen LogP contribution in [0.15, 0.2) is 48.5 Å². The summed E-state index contributed by atoms with van der Waals surface area (Å²) in [6.07, 6.45) is 0.520. The van der Waals surface area contributed by atoms with Gasteiger partial charge >= 0.3 is 0 Å².